The number of piperidine rings is 1. The van der Waals surface area contributed by atoms with Gasteiger partial charge in [0.1, 0.15) is 10.7 Å². The quantitative estimate of drug-likeness (QED) is 0.566. The Labute approximate surface area is 198 Å². The number of carbonyl (C=O) groups excluding carboxylic acids is 2. The van der Waals surface area contributed by atoms with E-state index in [9.17, 15) is 18.0 Å². The average molecular weight is 494 g/mol. The number of amides is 2. The molecule has 0 saturated carbocycles. The molecule has 9 nitrogen and oxygen atoms in total. The fraction of sp³-hybridized carbons (Fsp3) is 0.409. The fourth-order valence-corrected chi connectivity index (χ4v) is 5.52. The SMILES string of the molecule is CC(C)(C)NS(=O)(=O)c1cc(C(=O)Nc2ccc(N3CCCC(C(N)=O)C3)nc2)ccc1Cl. The van der Waals surface area contributed by atoms with Crippen LogP contribution in [0.1, 0.15) is 44.0 Å². The minimum absolute atomic E-state index is 0.0186. The smallest absolute Gasteiger partial charge is 0.255 e. The number of rotatable bonds is 6. The number of sulfonamides is 1. The molecule has 2 aromatic rings. The van der Waals surface area contributed by atoms with Gasteiger partial charge >= 0.3 is 0 Å². The van der Waals surface area contributed by atoms with Crippen LogP contribution in [0.5, 0.6) is 0 Å². The second-order valence-corrected chi connectivity index (χ2v) is 11.1. The first-order chi connectivity index (χ1) is 15.4. The zero-order valence-electron chi connectivity index (χ0n) is 18.8. The van der Waals surface area contributed by atoms with Crippen molar-refractivity contribution in [1.82, 2.24) is 9.71 Å². The maximum Gasteiger partial charge on any atom is 0.255 e. The van der Waals surface area contributed by atoms with Gasteiger partial charge in [-0.3, -0.25) is 9.59 Å². The van der Waals surface area contributed by atoms with Crippen LogP contribution in [0.3, 0.4) is 0 Å². The maximum absolute atomic E-state index is 12.7. The number of hydrogen-bond donors (Lipinski definition) is 3. The Balaban J connectivity index is 1.73. The highest BCUT2D eigenvalue weighted by Gasteiger charge is 2.26. The number of carbonyl (C=O) groups is 2. The molecular formula is C22H28ClN5O4S. The number of nitrogens with zero attached hydrogens (tertiary/aromatic N) is 2. The first-order valence-electron chi connectivity index (χ1n) is 10.5. The zero-order chi connectivity index (χ0) is 24.4. The van der Waals surface area contributed by atoms with Gasteiger partial charge < -0.3 is 16.0 Å². The number of pyridine rings is 1. The van der Waals surface area contributed by atoms with Crippen molar-refractivity contribution >= 4 is 44.9 Å². The van der Waals surface area contributed by atoms with Crippen LogP contribution in [0.2, 0.25) is 5.02 Å². The van der Waals surface area contributed by atoms with Gasteiger partial charge in [-0.1, -0.05) is 11.6 Å². The van der Waals surface area contributed by atoms with E-state index in [1.165, 1.54) is 24.4 Å². The number of benzene rings is 1. The molecule has 0 spiro atoms. The molecule has 0 radical (unpaired) electrons. The minimum atomic E-state index is -3.92. The van der Waals surface area contributed by atoms with Gasteiger partial charge in [-0.25, -0.2) is 18.1 Å². The first-order valence-corrected chi connectivity index (χ1v) is 12.4. The Morgan fingerprint density at radius 2 is 1.94 bits per heavy atom. The summed E-state index contributed by atoms with van der Waals surface area (Å²) in [5.74, 6) is -0.332. The van der Waals surface area contributed by atoms with Crippen molar-refractivity contribution in [1.29, 1.82) is 0 Å². The molecule has 0 aliphatic carbocycles. The highest BCUT2D eigenvalue weighted by molar-refractivity contribution is 7.89. The molecule has 1 saturated heterocycles. The zero-order valence-corrected chi connectivity index (χ0v) is 20.3. The molecule has 1 fully saturated rings. The number of aromatic nitrogens is 1. The van der Waals surface area contributed by atoms with Crippen molar-refractivity contribution in [3.63, 3.8) is 0 Å². The summed E-state index contributed by atoms with van der Waals surface area (Å²) in [6, 6.07) is 7.52. The first kappa shape index (κ1) is 24.9. The molecule has 1 aromatic carbocycles. The van der Waals surface area contributed by atoms with E-state index in [1.54, 1.807) is 32.9 Å². The van der Waals surface area contributed by atoms with E-state index in [2.05, 4.69) is 15.0 Å². The molecular weight excluding hydrogens is 466 g/mol. The van der Waals surface area contributed by atoms with Crippen molar-refractivity contribution in [3.05, 3.63) is 47.1 Å². The van der Waals surface area contributed by atoms with Crippen molar-refractivity contribution in [3.8, 4) is 0 Å². The molecule has 2 amide bonds. The number of hydrogen-bond acceptors (Lipinski definition) is 6. The Hall–Kier alpha value is -2.69. The van der Waals surface area contributed by atoms with Gasteiger partial charge in [0, 0.05) is 24.2 Å². The number of primary amides is 1. The van der Waals surface area contributed by atoms with Crippen LogP contribution in [0.4, 0.5) is 11.5 Å². The highest BCUT2D eigenvalue weighted by atomic mass is 35.5. The summed E-state index contributed by atoms with van der Waals surface area (Å²) in [7, 11) is -3.92. The molecule has 1 atom stereocenters. The summed E-state index contributed by atoms with van der Waals surface area (Å²) in [6.07, 6.45) is 3.12. The number of nitrogens with one attached hydrogen (secondary N) is 2. The van der Waals surface area contributed by atoms with Gasteiger partial charge in [-0.05, 0) is 63.9 Å². The van der Waals surface area contributed by atoms with E-state index in [4.69, 9.17) is 17.3 Å². The molecule has 11 heteroatoms. The summed E-state index contributed by atoms with van der Waals surface area (Å²) >= 11 is 6.10. The number of halogens is 1. The fourth-order valence-electron chi connectivity index (χ4n) is 3.58. The molecule has 1 aliphatic heterocycles. The van der Waals surface area contributed by atoms with Gasteiger partial charge in [-0.15, -0.1) is 0 Å². The van der Waals surface area contributed by atoms with Crippen molar-refractivity contribution < 1.29 is 18.0 Å². The summed E-state index contributed by atoms with van der Waals surface area (Å²) in [5.41, 5.74) is 5.31. The van der Waals surface area contributed by atoms with E-state index in [-0.39, 0.29) is 27.3 Å². The van der Waals surface area contributed by atoms with E-state index in [1.807, 2.05) is 4.90 Å². The summed E-state index contributed by atoms with van der Waals surface area (Å²) < 4.78 is 27.9. The second-order valence-electron chi connectivity index (χ2n) is 9.05. The molecule has 4 N–H and O–H groups in total. The Morgan fingerprint density at radius 3 is 2.55 bits per heavy atom. The van der Waals surface area contributed by atoms with Crippen LogP contribution in [-0.2, 0) is 14.8 Å². The predicted molar refractivity (Wildman–Crippen MR) is 128 cm³/mol. The molecule has 33 heavy (non-hydrogen) atoms. The van der Waals surface area contributed by atoms with Crippen LogP contribution in [-0.4, -0.2) is 43.8 Å². The Bertz CT molecular complexity index is 1150. The third kappa shape index (κ3) is 6.43. The largest absolute Gasteiger partial charge is 0.369 e. The third-order valence-corrected chi connectivity index (χ3v) is 7.32. The number of anilines is 2. The summed E-state index contributed by atoms with van der Waals surface area (Å²) in [4.78, 5) is 30.4. The van der Waals surface area contributed by atoms with E-state index in [0.717, 1.165) is 19.4 Å². The maximum atomic E-state index is 12.7. The van der Waals surface area contributed by atoms with Gasteiger partial charge in [0.2, 0.25) is 15.9 Å². The lowest BCUT2D eigenvalue weighted by molar-refractivity contribution is -0.122. The molecule has 1 aliphatic rings. The monoisotopic (exact) mass is 493 g/mol. The van der Waals surface area contributed by atoms with Crippen LogP contribution < -0.4 is 20.7 Å². The Morgan fingerprint density at radius 1 is 1.21 bits per heavy atom. The lowest BCUT2D eigenvalue weighted by Crippen LogP contribution is -2.41. The topological polar surface area (TPSA) is 134 Å². The van der Waals surface area contributed by atoms with E-state index < -0.39 is 21.5 Å². The molecule has 3 rings (SSSR count). The summed E-state index contributed by atoms with van der Waals surface area (Å²) in [6.45, 7) is 6.42. The van der Waals surface area contributed by atoms with Crippen molar-refractivity contribution in [2.45, 2.75) is 44.0 Å². The second kappa shape index (κ2) is 9.66. The van der Waals surface area contributed by atoms with Gasteiger partial charge in [0.25, 0.3) is 5.91 Å². The minimum Gasteiger partial charge on any atom is -0.369 e. The standard InChI is InChI=1S/C22H28ClN5O4S/c1-22(2,3)27-33(31,32)18-11-14(6-8-17(18)23)21(30)26-16-7-9-19(25-12-16)28-10-4-5-15(13-28)20(24)29/h6-9,11-12,15,27H,4-5,10,13H2,1-3H3,(H2,24,29)(H,26,30). The number of nitrogens with two attached hydrogens (primary N) is 1. The lowest BCUT2D eigenvalue weighted by atomic mass is 9.97. The molecule has 1 unspecified atom stereocenters. The molecule has 0 bridgehead atoms. The molecule has 1 aromatic heterocycles. The summed E-state index contributed by atoms with van der Waals surface area (Å²) in [5, 5.41) is 2.73. The average Bonchev–Trinajstić information content (AvgIpc) is 2.72. The van der Waals surface area contributed by atoms with Crippen LogP contribution in [0.25, 0.3) is 0 Å². The third-order valence-electron chi connectivity index (χ3n) is 5.08. The highest BCUT2D eigenvalue weighted by Crippen LogP contribution is 2.25. The van der Waals surface area contributed by atoms with Gasteiger partial charge in [0.15, 0.2) is 0 Å². The van der Waals surface area contributed by atoms with Crippen molar-refractivity contribution in [2.75, 3.05) is 23.3 Å². The van der Waals surface area contributed by atoms with E-state index >= 15 is 0 Å². The van der Waals surface area contributed by atoms with E-state index in [0.29, 0.717) is 18.1 Å². The van der Waals surface area contributed by atoms with Crippen molar-refractivity contribution in [2.24, 2.45) is 11.7 Å². The van der Waals surface area contributed by atoms with Crippen LogP contribution in [0, 0.1) is 5.92 Å². The Kier molecular flexibility index (Phi) is 7.30. The van der Waals surface area contributed by atoms with Gasteiger partial charge in [0.05, 0.1) is 22.8 Å². The molecule has 178 valence electrons. The van der Waals surface area contributed by atoms with Gasteiger partial charge in [-0.2, -0.15) is 0 Å². The molecule has 2 heterocycles. The lowest BCUT2D eigenvalue weighted by Gasteiger charge is -2.32. The normalized spacial score (nSPS) is 17.0. The van der Waals surface area contributed by atoms with Crippen LogP contribution >= 0.6 is 11.6 Å². The predicted octanol–water partition coefficient (Wildman–Crippen LogP) is 2.77. The van der Waals surface area contributed by atoms with Crippen LogP contribution in [0.15, 0.2) is 41.4 Å².